The van der Waals surface area contributed by atoms with Crippen molar-refractivity contribution in [3.8, 4) is 23.0 Å². The first-order valence-corrected chi connectivity index (χ1v) is 15.2. The van der Waals surface area contributed by atoms with Gasteiger partial charge in [-0.25, -0.2) is 18.7 Å². The molecule has 2 aromatic heterocycles. The lowest BCUT2D eigenvalue weighted by Gasteiger charge is -2.22. The summed E-state index contributed by atoms with van der Waals surface area (Å²) in [6, 6.07) is 6.18. The van der Waals surface area contributed by atoms with Crippen molar-refractivity contribution in [3.63, 3.8) is 0 Å². The molecule has 6 rings (SSSR count). The highest BCUT2D eigenvalue weighted by molar-refractivity contribution is 5.99. The van der Waals surface area contributed by atoms with Crippen molar-refractivity contribution in [3.05, 3.63) is 99.4 Å². The molecule has 16 heteroatoms. The number of alkyl halides is 5. The molecule has 260 valence electrons. The maximum atomic E-state index is 14.8. The van der Waals surface area contributed by atoms with Crippen LogP contribution in [0.4, 0.5) is 30.7 Å². The highest BCUT2D eigenvalue weighted by Gasteiger charge is 2.50. The molecule has 2 aromatic carbocycles. The van der Waals surface area contributed by atoms with Crippen LogP contribution in [0.2, 0.25) is 0 Å². The highest BCUT2D eigenvalue weighted by atomic mass is 19.4. The molecule has 0 saturated carbocycles. The van der Waals surface area contributed by atoms with Crippen LogP contribution < -0.4 is 10.6 Å². The SMILES string of the molecule is CC(C)(O)C#Cc1ncc(-c2ccc3c(c2)C(=O)NC3)c([C@H](Cc2cc(F)cc(F)c2)NC(=O)Cn2nc(C(F)(F)F)c3c2C(F)(F)CC3)n1. The van der Waals surface area contributed by atoms with Gasteiger partial charge in [0, 0.05) is 41.9 Å². The average molecular weight is 701 g/mol. The zero-order valence-corrected chi connectivity index (χ0v) is 26.4. The summed E-state index contributed by atoms with van der Waals surface area (Å²) in [5.74, 6) is -1.96. The molecule has 0 bridgehead atoms. The van der Waals surface area contributed by atoms with E-state index < -0.39 is 77.6 Å². The van der Waals surface area contributed by atoms with Crippen LogP contribution in [-0.2, 0) is 42.8 Å². The van der Waals surface area contributed by atoms with Crippen molar-refractivity contribution in [2.24, 2.45) is 0 Å². The fourth-order valence-electron chi connectivity index (χ4n) is 5.98. The monoisotopic (exact) mass is 700 g/mol. The number of hydrogen-bond acceptors (Lipinski definition) is 6. The quantitative estimate of drug-likeness (QED) is 0.181. The predicted molar refractivity (Wildman–Crippen MR) is 162 cm³/mol. The lowest BCUT2D eigenvalue weighted by molar-refractivity contribution is -0.142. The number of aromatic nitrogens is 4. The van der Waals surface area contributed by atoms with Gasteiger partial charge < -0.3 is 15.7 Å². The van der Waals surface area contributed by atoms with Crippen molar-refractivity contribution in [2.45, 2.75) is 69.9 Å². The number of rotatable bonds is 7. The third-order valence-electron chi connectivity index (χ3n) is 8.08. The number of nitrogens with zero attached hydrogens (tertiary/aromatic N) is 4. The number of carbonyl (C=O) groups is 2. The number of benzene rings is 2. The summed E-state index contributed by atoms with van der Waals surface area (Å²) in [5, 5.41) is 18.7. The first-order chi connectivity index (χ1) is 23.4. The van der Waals surface area contributed by atoms with E-state index in [1.807, 2.05) is 0 Å². The Morgan fingerprint density at radius 3 is 2.52 bits per heavy atom. The molecule has 0 radical (unpaired) electrons. The summed E-state index contributed by atoms with van der Waals surface area (Å²) in [6.45, 7) is 2.05. The normalized spacial score (nSPS) is 15.5. The summed E-state index contributed by atoms with van der Waals surface area (Å²) in [7, 11) is 0. The van der Waals surface area contributed by atoms with Gasteiger partial charge in [-0.3, -0.25) is 14.3 Å². The van der Waals surface area contributed by atoms with Crippen LogP contribution in [0.15, 0.2) is 42.6 Å². The van der Waals surface area contributed by atoms with E-state index in [9.17, 15) is 45.4 Å². The standard InChI is InChI=1S/C34H27F7N6O3/c1-32(2,50)7-6-26-42-15-24(18-3-4-19-14-43-31(49)23(19)12-18)28(45-26)25(11-17-9-20(35)13-21(36)10-17)44-27(48)16-47-30-22(5-8-33(30,37)38)29(46-47)34(39,40)41/h3-4,9-10,12-13,15,25,50H,5,8,11,14,16H2,1-2H3,(H,43,49)(H,44,48)/t25-/m0/s1. The summed E-state index contributed by atoms with van der Waals surface area (Å²) >= 11 is 0. The van der Waals surface area contributed by atoms with Gasteiger partial charge in [-0.05, 0) is 67.5 Å². The lowest BCUT2D eigenvalue weighted by Crippen LogP contribution is -2.35. The zero-order valence-electron chi connectivity index (χ0n) is 26.4. The Morgan fingerprint density at radius 2 is 1.84 bits per heavy atom. The topological polar surface area (TPSA) is 122 Å². The average Bonchev–Trinajstić information content (AvgIpc) is 3.67. The molecule has 1 atom stereocenters. The molecule has 50 heavy (non-hydrogen) atoms. The molecule has 2 aliphatic rings. The van der Waals surface area contributed by atoms with Crippen LogP contribution in [-0.4, -0.2) is 42.3 Å². The molecule has 4 aromatic rings. The van der Waals surface area contributed by atoms with Gasteiger partial charge in [0.15, 0.2) is 5.69 Å². The maximum absolute atomic E-state index is 14.8. The smallest absolute Gasteiger partial charge is 0.378 e. The van der Waals surface area contributed by atoms with E-state index in [2.05, 4.69) is 37.5 Å². The summed E-state index contributed by atoms with van der Waals surface area (Å²) in [6.07, 6.45) is -5.57. The van der Waals surface area contributed by atoms with E-state index in [1.54, 1.807) is 18.2 Å². The van der Waals surface area contributed by atoms with Crippen LogP contribution in [0.5, 0.6) is 0 Å². The Bertz CT molecular complexity index is 2070. The van der Waals surface area contributed by atoms with Gasteiger partial charge in [-0.1, -0.05) is 18.1 Å². The molecule has 1 aliphatic carbocycles. The first-order valence-electron chi connectivity index (χ1n) is 15.2. The van der Waals surface area contributed by atoms with Crippen molar-refractivity contribution in [1.29, 1.82) is 0 Å². The fraction of sp³-hybridized carbons (Fsp3) is 0.324. The van der Waals surface area contributed by atoms with Crippen molar-refractivity contribution in [2.75, 3.05) is 0 Å². The van der Waals surface area contributed by atoms with Gasteiger partial charge in [0.05, 0.1) is 11.7 Å². The molecule has 0 fully saturated rings. The second-order valence-electron chi connectivity index (χ2n) is 12.5. The highest BCUT2D eigenvalue weighted by Crippen LogP contribution is 2.46. The molecule has 1 aliphatic heterocycles. The van der Waals surface area contributed by atoms with E-state index >= 15 is 0 Å². The molecule has 0 saturated heterocycles. The minimum Gasteiger partial charge on any atom is -0.378 e. The molecule has 3 N–H and O–H groups in total. The van der Waals surface area contributed by atoms with Gasteiger partial charge in [0.25, 0.3) is 11.8 Å². The van der Waals surface area contributed by atoms with E-state index in [0.717, 1.165) is 12.1 Å². The van der Waals surface area contributed by atoms with Crippen molar-refractivity contribution >= 4 is 11.8 Å². The first kappa shape index (κ1) is 34.6. The molecular weight excluding hydrogens is 673 g/mol. The van der Waals surface area contributed by atoms with Crippen LogP contribution >= 0.6 is 0 Å². The van der Waals surface area contributed by atoms with Crippen LogP contribution in [0.1, 0.15) is 76.3 Å². The van der Waals surface area contributed by atoms with Crippen LogP contribution in [0.25, 0.3) is 11.1 Å². The lowest BCUT2D eigenvalue weighted by atomic mass is 9.94. The second-order valence-corrected chi connectivity index (χ2v) is 12.5. The Labute approximate surface area is 279 Å². The molecular formula is C34H27F7N6O3. The third-order valence-corrected chi connectivity index (χ3v) is 8.08. The third kappa shape index (κ3) is 7.18. The Kier molecular flexibility index (Phi) is 8.67. The van der Waals surface area contributed by atoms with Gasteiger partial charge >= 0.3 is 6.18 Å². The summed E-state index contributed by atoms with van der Waals surface area (Å²) in [4.78, 5) is 34.8. The van der Waals surface area contributed by atoms with E-state index in [4.69, 9.17) is 0 Å². The number of amides is 2. The minimum absolute atomic E-state index is 0.00317. The number of nitrogens with one attached hydrogen (secondary N) is 2. The van der Waals surface area contributed by atoms with Gasteiger partial charge in [-0.2, -0.15) is 27.1 Å². The Hall–Kier alpha value is -5.30. The maximum Gasteiger partial charge on any atom is 0.435 e. The molecule has 3 heterocycles. The Balaban J connectivity index is 1.46. The molecule has 9 nitrogen and oxygen atoms in total. The van der Waals surface area contributed by atoms with E-state index in [-0.39, 0.29) is 35.0 Å². The molecule has 2 amide bonds. The fourth-order valence-corrected chi connectivity index (χ4v) is 5.98. The zero-order chi connectivity index (χ0) is 36.2. The van der Waals surface area contributed by atoms with E-state index in [1.165, 1.54) is 20.0 Å². The molecule has 0 unspecified atom stereocenters. The van der Waals surface area contributed by atoms with Crippen LogP contribution in [0.3, 0.4) is 0 Å². The predicted octanol–water partition coefficient (Wildman–Crippen LogP) is 5.14. The number of aliphatic hydroxyl groups is 1. The Morgan fingerprint density at radius 1 is 1.12 bits per heavy atom. The number of fused-ring (bicyclic) bond motifs is 2. The van der Waals surface area contributed by atoms with Gasteiger partial charge in [0.1, 0.15) is 29.5 Å². The summed E-state index contributed by atoms with van der Waals surface area (Å²) < 4.78 is 99.7. The largest absolute Gasteiger partial charge is 0.435 e. The number of halogens is 7. The second kappa shape index (κ2) is 12.5. The van der Waals surface area contributed by atoms with Crippen LogP contribution in [0, 0.1) is 23.5 Å². The molecule has 0 spiro atoms. The van der Waals surface area contributed by atoms with Gasteiger partial charge in [0.2, 0.25) is 11.7 Å². The number of carbonyl (C=O) groups excluding carboxylic acids is 2. The van der Waals surface area contributed by atoms with Crippen molar-refractivity contribution < 1.29 is 45.4 Å². The number of hydrogen-bond donors (Lipinski definition) is 3. The van der Waals surface area contributed by atoms with E-state index in [0.29, 0.717) is 34.0 Å². The minimum atomic E-state index is -5.06. The van der Waals surface area contributed by atoms with Gasteiger partial charge in [-0.15, -0.1) is 0 Å². The summed E-state index contributed by atoms with van der Waals surface area (Å²) in [5.41, 5.74) is -3.00. The van der Waals surface area contributed by atoms with Crippen molar-refractivity contribution in [1.82, 2.24) is 30.4 Å².